The van der Waals surface area contributed by atoms with Crippen molar-refractivity contribution in [3.8, 4) is 12.3 Å². The van der Waals surface area contributed by atoms with Crippen molar-refractivity contribution in [1.82, 2.24) is 19.5 Å². The normalized spacial score (nSPS) is 12.6. The molecule has 2 rings (SSSR count). The molecular formula is C22H34FN5O4. The van der Waals surface area contributed by atoms with Crippen molar-refractivity contribution in [3.05, 3.63) is 12.4 Å². The summed E-state index contributed by atoms with van der Waals surface area (Å²) in [7, 11) is 1.42. The monoisotopic (exact) mass is 451 g/mol. The van der Waals surface area contributed by atoms with E-state index in [9.17, 15) is 14.3 Å². The molecule has 0 aliphatic carbocycles. The van der Waals surface area contributed by atoms with Gasteiger partial charge >= 0.3 is 12.0 Å². The van der Waals surface area contributed by atoms with Gasteiger partial charge in [0.2, 0.25) is 0 Å². The number of ether oxygens (including phenoxy) is 1. The highest BCUT2D eigenvalue weighted by atomic mass is 19.1. The van der Waals surface area contributed by atoms with Gasteiger partial charge < -0.3 is 25.3 Å². The number of aromatic nitrogens is 4. The number of terminal acetylenes is 1. The summed E-state index contributed by atoms with van der Waals surface area (Å²) >= 11 is 0. The first-order valence-electron chi connectivity index (χ1n) is 10.8. The van der Waals surface area contributed by atoms with Crippen LogP contribution in [0, 0.1) is 18.4 Å². The number of carboxylic acid groups (broad SMARTS) is 1. The number of nitrogens with two attached hydrogens (primary N) is 1. The molecule has 4 N–H and O–H groups in total. The van der Waals surface area contributed by atoms with E-state index in [1.807, 2.05) is 0 Å². The van der Waals surface area contributed by atoms with Gasteiger partial charge in [-0.1, -0.05) is 51.4 Å². The smallest absolute Gasteiger partial charge is 0.312 e. The minimum absolute atomic E-state index is 0.0247. The van der Waals surface area contributed by atoms with Crippen molar-refractivity contribution in [2.75, 3.05) is 19.5 Å². The Kier molecular flexibility index (Phi) is 12.2. The lowest BCUT2D eigenvalue weighted by Crippen LogP contribution is -2.35. The van der Waals surface area contributed by atoms with Gasteiger partial charge in [-0.05, 0) is 6.42 Å². The Morgan fingerprint density at radius 2 is 1.94 bits per heavy atom. The number of aryl methyl sites for hydroxylation is 1. The van der Waals surface area contributed by atoms with Crippen LogP contribution in [0.2, 0.25) is 0 Å². The minimum atomic E-state index is -1.09. The molecule has 0 fully saturated rings. The topological polar surface area (TPSA) is 136 Å². The van der Waals surface area contributed by atoms with Crippen molar-refractivity contribution in [2.24, 2.45) is 0 Å². The van der Waals surface area contributed by atoms with Crippen molar-refractivity contribution in [3.63, 3.8) is 0 Å². The molecule has 178 valence electrons. The maximum Gasteiger partial charge on any atom is 0.312 e. The maximum atomic E-state index is 13.2. The van der Waals surface area contributed by atoms with Gasteiger partial charge in [0.05, 0.1) is 12.9 Å². The molecule has 2 heterocycles. The minimum Gasteiger partial charge on any atom is -0.481 e. The SMILES string of the molecule is C#CC(CO)(CCn1cnc2c(N)nc(F)nc21)OC.CCCCCCCCCC(=O)O. The van der Waals surface area contributed by atoms with E-state index < -0.39 is 17.6 Å². The van der Waals surface area contributed by atoms with E-state index in [0.717, 1.165) is 12.8 Å². The Morgan fingerprint density at radius 1 is 1.28 bits per heavy atom. The first kappa shape index (κ1) is 27.3. The first-order chi connectivity index (χ1) is 15.3. The quantitative estimate of drug-likeness (QED) is 0.240. The van der Waals surface area contributed by atoms with Gasteiger partial charge in [-0.15, -0.1) is 6.42 Å². The predicted molar refractivity (Wildman–Crippen MR) is 120 cm³/mol. The van der Waals surface area contributed by atoms with Crippen LogP contribution in [-0.2, 0) is 16.1 Å². The Hall–Kier alpha value is -2.77. The van der Waals surface area contributed by atoms with Crippen LogP contribution in [0.25, 0.3) is 11.2 Å². The zero-order valence-corrected chi connectivity index (χ0v) is 18.9. The van der Waals surface area contributed by atoms with Crippen LogP contribution in [0.4, 0.5) is 10.2 Å². The van der Waals surface area contributed by atoms with Crippen LogP contribution in [0.5, 0.6) is 0 Å². The number of rotatable bonds is 13. The summed E-state index contributed by atoms with van der Waals surface area (Å²) in [6.07, 6.45) is 14.9. The number of aliphatic hydroxyl groups is 1. The molecule has 0 aliphatic heterocycles. The van der Waals surface area contributed by atoms with E-state index in [1.165, 1.54) is 45.5 Å². The number of anilines is 1. The Balaban J connectivity index is 0.000000368. The Bertz CT molecular complexity index is 877. The van der Waals surface area contributed by atoms with Gasteiger partial charge in [0, 0.05) is 26.5 Å². The Labute approximate surface area is 188 Å². The maximum absolute atomic E-state index is 13.2. The number of halogens is 1. The molecule has 10 heteroatoms. The third kappa shape index (κ3) is 8.77. The lowest BCUT2D eigenvalue weighted by atomic mass is 10.0. The van der Waals surface area contributed by atoms with E-state index in [0.29, 0.717) is 24.9 Å². The highest BCUT2D eigenvalue weighted by molar-refractivity contribution is 5.81. The molecule has 0 saturated heterocycles. The fraction of sp³-hybridized carbons (Fsp3) is 0.636. The lowest BCUT2D eigenvalue weighted by Gasteiger charge is -2.24. The van der Waals surface area contributed by atoms with Crippen molar-refractivity contribution < 1.29 is 24.1 Å². The van der Waals surface area contributed by atoms with E-state index >= 15 is 0 Å². The highest BCUT2D eigenvalue weighted by Gasteiger charge is 2.26. The van der Waals surface area contributed by atoms with Crippen LogP contribution in [0.1, 0.15) is 64.7 Å². The summed E-state index contributed by atoms with van der Waals surface area (Å²) in [5, 5.41) is 17.7. The van der Waals surface area contributed by atoms with E-state index in [-0.39, 0.29) is 18.1 Å². The molecule has 1 atom stereocenters. The van der Waals surface area contributed by atoms with E-state index in [4.69, 9.17) is 22.0 Å². The van der Waals surface area contributed by atoms with Crippen LogP contribution in [0.15, 0.2) is 6.33 Å². The number of nitrogens with zero attached hydrogens (tertiary/aromatic N) is 4. The van der Waals surface area contributed by atoms with Gasteiger partial charge in [0.1, 0.15) is 5.52 Å². The molecule has 1 unspecified atom stereocenters. The molecular weight excluding hydrogens is 417 g/mol. The number of imidazole rings is 1. The molecule has 0 aliphatic rings. The third-order valence-corrected chi connectivity index (χ3v) is 5.12. The second kappa shape index (κ2) is 14.3. The van der Waals surface area contributed by atoms with Gasteiger partial charge in [-0.25, -0.2) is 4.98 Å². The van der Waals surface area contributed by atoms with Crippen molar-refractivity contribution in [2.45, 2.75) is 76.9 Å². The fourth-order valence-corrected chi connectivity index (χ4v) is 3.06. The number of aliphatic hydroxyl groups excluding tert-OH is 1. The molecule has 0 amide bonds. The van der Waals surface area contributed by atoms with Crippen molar-refractivity contribution in [1.29, 1.82) is 0 Å². The van der Waals surface area contributed by atoms with Crippen LogP contribution in [-0.4, -0.2) is 55.0 Å². The van der Waals surface area contributed by atoms with Gasteiger partial charge in [-0.3, -0.25) is 4.79 Å². The second-order valence-corrected chi connectivity index (χ2v) is 7.50. The summed E-state index contributed by atoms with van der Waals surface area (Å²) in [5.41, 5.74) is 5.07. The largest absolute Gasteiger partial charge is 0.481 e. The number of hydrogen-bond acceptors (Lipinski definition) is 7. The number of methoxy groups -OCH3 is 1. The third-order valence-electron chi connectivity index (χ3n) is 5.12. The molecule has 9 nitrogen and oxygen atoms in total. The van der Waals surface area contributed by atoms with Crippen molar-refractivity contribution >= 4 is 23.0 Å². The first-order valence-corrected chi connectivity index (χ1v) is 10.8. The molecule has 2 aromatic heterocycles. The lowest BCUT2D eigenvalue weighted by molar-refractivity contribution is -0.137. The molecule has 0 radical (unpaired) electrons. The number of unbranched alkanes of at least 4 members (excludes halogenated alkanes) is 6. The average Bonchev–Trinajstić information content (AvgIpc) is 3.18. The summed E-state index contributed by atoms with van der Waals surface area (Å²) in [6, 6.07) is 0. The molecule has 0 aromatic carbocycles. The number of aliphatic carboxylic acids is 1. The fourth-order valence-electron chi connectivity index (χ4n) is 3.06. The predicted octanol–water partition coefficient (Wildman–Crippen LogP) is 3.16. The van der Waals surface area contributed by atoms with Gasteiger partial charge in [0.25, 0.3) is 0 Å². The Morgan fingerprint density at radius 3 is 2.50 bits per heavy atom. The number of hydrogen-bond donors (Lipinski definition) is 3. The zero-order chi connectivity index (χ0) is 24.0. The average molecular weight is 452 g/mol. The van der Waals surface area contributed by atoms with E-state index in [2.05, 4.69) is 27.8 Å². The second-order valence-electron chi connectivity index (χ2n) is 7.50. The van der Waals surface area contributed by atoms with Crippen LogP contribution < -0.4 is 5.73 Å². The zero-order valence-electron chi connectivity index (χ0n) is 18.9. The van der Waals surface area contributed by atoms with E-state index in [1.54, 1.807) is 4.57 Å². The molecule has 0 spiro atoms. The highest BCUT2D eigenvalue weighted by Crippen LogP contribution is 2.19. The number of carbonyl (C=O) groups is 1. The number of carboxylic acids is 1. The van der Waals surface area contributed by atoms with Crippen LogP contribution in [0.3, 0.4) is 0 Å². The summed E-state index contributed by atoms with van der Waals surface area (Å²) in [4.78, 5) is 21.2. The molecule has 0 bridgehead atoms. The molecule has 2 aromatic rings. The summed E-state index contributed by atoms with van der Waals surface area (Å²) < 4.78 is 19.9. The molecule has 32 heavy (non-hydrogen) atoms. The number of fused-ring (bicyclic) bond motifs is 1. The van der Waals surface area contributed by atoms with Crippen LogP contribution >= 0.6 is 0 Å². The number of nitrogen functional groups attached to an aromatic ring is 1. The standard InChI is InChI=1S/C12H14FN5O2.C10H20O2/c1-3-12(6-19,20-2)4-5-18-7-15-8-9(14)16-11(13)17-10(8)18;1-2-3-4-5-6-7-8-9-10(11)12/h1,7,19H,4-6H2,2H3,(H2,14,16,17);2-9H2,1H3,(H,11,12). The molecule has 0 saturated carbocycles. The van der Waals surface area contributed by atoms with Gasteiger partial charge in [0.15, 0.2) is 17.1 Å². The summed E-state index contributed by atoms with van der Waals surface area (Å²) in [5.74, 6) is 1.72. The summed E-state index contributed by atoms with van der Waals surface area (Å²) in [6.45, 7) is 2.22. The van der Waals surface area contributed by atoms with Gasteiger partial charge in [-0.2, -0.15) is 14.4 Å².